The molecule has 0 saturated heterocycles. The summed E-state index contributed by atoms with van der Waals surface area (Å²) in [5.74, 6) is -0.731. The van der Waals surface area contributed by atoms with E-state index in [-0.39, 0.29) is 6.42 Å². The zero-order chi connectivity index (χ0) is 16.4. The number of halogens is 1. The summed E-state index contributed by atoms with van der Waals surface area (Å²) >= 11 is 6.08. The molecule has 2 aromatic rings. The fourth-order valence-electron chi connectivity index (χ4n) is 2.01. The van der Waals surface area contributed by atoms with Crippen LogP contribution in [0.4, 0.5) is 0 Å². The van der Waals surface area contributed by atoms with Crippen molar-refractivity contribution in [2.45, 2.75) is 32.7 Å². The van der Waals surface area contributed by atoms with Gasteiger partial charge >= 0.3 is 5.97 Å². The maximum atomic E-state index is 10.4. The second-order valence-electron chi connectivity index (χ2n) is 4.58. The van der Waals surface area contributed by atoms with E-state index in [0.717, 1.165) is 28.9 Å². The summed E-state index contributed by atoms with van der Waals surface area (Å²) in [5, 5.41) is 10.4. The van der Waals surface area contributed by atoms with Crippen LogP contribution in [0.5, 0.6) is 0 Å². The first kappa shape index (κ1) is 18.0. The van der Waals surface area contributed by atoms with Gasteiger partial charge in [0.15, 0.2) is 0 Å². The number of ether oxygens (including phenoxy) is 1. The van der Waals surface area contributed by atoms with Crippen LogP contribution in [-0.2, 0) is 20.9 Å². The molecule has 0 saturated carbocycles. The van der Waals surface area contributed by atoms with Crippen LogP contribution in [0, 0.1) is 0 Å². The number of fused-ring (bicyclic) bond motifs is 1. The fourth-order valence-corrected chi connectivity index (χ4v) is 2.24. The quantitative estimate of drug-likeness (QED) is 0.622. The Morgan fingerprint density at radius 2 is 2.14 bits per heavy atom. The molecule has 0 aliphatic rings. The highest BCUT2D eigenvalue weighted by atomic mass is 35.5. The number of aliphatic carboxylic acids is 1. The number of carboxylic acids is 1. The smallest absolute Gasteiger partial charge is 0.303 e. The third kappa shape index (κ3) is 5.77. The van der Waals surface area contributed by atoms with Gasteiger partial charge in [-0.3, -0.25) is 9.59 Å². The highest BCUT2D eigenvalue weighted by molar-refractivity contribution is 6.35. The van der Waals surface area contributed by atoms with Crippen LogP contribution in [-0.4, -0.2) is 28.7 Å². The Bertz CT molecular complexity index is 609. The first-order chi connectivity index (χ1) is 10.6. The van der Waals surface area contributed by atoms with Gasteiger partial charge in [-0.25, -0.2) is 0 Å². The molecule has 0 fully saturated rings. The predicted molar refractivity (Wildman–Crippen MR) is 86.1 cm³/mol. The minimum atomic E-state index is -0.731. The van der Waals surface area contributed by atoms with Gasteiger partial charge in [-0.15, -0.1) is 0 Å². The van der Waals surface area contributed by atoms with Gasteiger partial charge in [-0.2, -0.15) is 0 Å². The van der Waals surface area contributed by atoms with Crippen LogP contribution in [0.2, 0.25) is 5.02 Å². The van der Waals surface area contributed by atoms with Gasteiger partial charge in [-0.05, 0) is 38.0 Å². The average Bonchev–Trinajstić information content (AvgIpc) is 2.90. The molecule has 0 bridgehead atoms. The van der Waals surface area contributed by atoms with E-state index in [1.807, 2.05) is 30.5 Å². The van der Waals surface area contributed by atoms with Gasteiger partial charge in [0.05, 0.1) is 6.61 Å². The molecule has 0 aliphatic carbocycles. The third-order valence-electron chi connectivity index (χ3n) is 3.03. The van der Waals surface area contributed by atoms with Crippen molar-refractivity contribution in [2.24, 2.45) is 0 Å². The molecule has 22 heavy (non-hydrogen) atoms. The number of hydrogen-bond donors (Lipinski definition) is 1. The molecule has 1 aromatic heterocycles. The molecule has 0 unspecified atom stereocenters. The molecular weight excluding hydrogens is 306 g/mol. The second-order valence-corrected chi connectivity index (χ2v) is 4.99. The molecule has 1 heterocycles. The first-order valence-electron chi connectivity index (χ1n) is 7.10. The van der Waals surface area contributed by atoms with Crippen LogP contribution in [0.1, 0.15) is 26.2 Å². The van der Waals surface area contributed by atoms with Gasteiger partial charge in [0.1, 0.15) is 0 Å². The molecule has 2 rings (SSSR count). The van der Waals surface area contributed by atoms with Gasteiger partial charge in [0, 0.05) is 35.1 Å². The highest BCUT2D eigenvalue weighted by Gasteiger charge is 2.04. The van der Waals surface area contributed by atoms with Crippen molar-refractivity contribution in [1.29, 1.82) is 0 Å². The molecule has 6 heteroatoms. The van der Waals surface area contributed by atoms with Crippen LogP contribution in [0.25, 0.3) is 10.9 Å². The number of carbonyl (C=O) groups is 2. The monoisotopic (exact) mass is 325 g/mol. The average molecular weight is 326 g/mol. The summed E-state index contributed by atoms with van der Waals surface area (Å²) in [6.07, 6.45) is 3.80. The summed E-state index contributed by atoms with van der Waals surface area (Å²) in [6, 6.07) is 7.82. The topological polar surface area (TPSA) is 68.5 Å². The van der Waals surface area contributed by atoms with E-state index < -0.39 is 5.97 Å². The van der Waals surface area contributed by atoms with Crippen molar-refractivity contribution in [3.63, 3.8) is 0 Å². The van der Waals surface area contributed by atoms with Crippen molar-refractivity contribution in [3.8, 4) is 0 Å². The number of hydrogen-bond acceptors (Lipinski definition) is 3. The van der Waals surface area contributed by atoms with Crippen LogP contribution in [0.3, 0.4) is 0 Å². The summed E-state index contributed by atoms with van der Waals surface area (Å²) in [7, 11) is 0. The van der Waals surface area contributed by atoms with Gasteiger partial charge in [0.25, 0.3) is 6.47 Å². The zero-order valence-electron chi connectivity index (χ0n) is 12.5. The second kappa shape index (κ2) is 9.84. The number of carboxylic acid groups (broad SMARTS) is 1. The number of aromatic nitrogens is 1. The molecule has 120 valence electrons. The van der Waals surface area contributed by atoms with Gasteiger partial charge in [0.2, 0.25) is 0 Å². The number of benzene rings is 1. The lowest BCUT2D eigenvalue weighted by Crippen LogP contribution is -1.99. The predicted octanol–water partition coefficient (Wildman–Crippen LogP) is 3.73. The van der Waals surface area contributed by atoms with Crippen LogP contribution >= 0.6 is 11.6 Å². The molecule has 1 aromatic carbocycles. The number of carbonyl (C=O) groups excluding carboxylic acids is 1. The number of aryl methyl sites for hydroxylation is 1. The Morgan fingerprint density at radius 3 is 2.73 bits per heavy atom. The van der Waals surface area contributed by atoms with E-state index in [1.54, 1.807) is 6.92 Å². The standard InChI is InChI=1S/C13H14ClNO2.C3H6O2/c14-11-4-3-5-12-10(11)7-9-15(12)8-2-1-6-13(16)17;1-2-5-3-4/h3-5,7,9H,1-2,6,8H2,(H,16,17);3H,2H2,1H3. The minimum absolute atomic E-state index is 0.236. The van der Waals surface area contributed by atoms with E-state index in [2.05, 4.69) is 9.30 Å². The Balaban J connectivity index is 0.000000422. The Morgan fingerprint density at radius 1 is 1.36 bits per heavy atom. The fraction of sp³-hybridized carbons (Fsp3) is 0.375. The summed E-state index contributed by atoms with van der Waals surface area (Å²) in [4.78, 5) is 19.6. The molecular formula is C16H20ClNO4. The maximum Gasteiger partial charge on any atom is 0.303 e. The molecule has 0 amide bonds. The molecule has 0 atom stereocenters. The summed E-state index contributed by atoms with van der Waals surface area (Å²) in [5.41, 5.74) is 1.10. The highest BCUT2D eigenvalue weighted by Crippen LogP contribution is 2.24. The van der Waals surface area contributed by atoms with Gasteiger partial charge < -0.3 is 14.4 Å². The van der Waals surface area contributed by atoms with E-state index in [0.29, 0.717) is 19.5 Å². The van der Waals surface area contributed by atoms with Gasteiger partial charge in [-0.1, -0.05) is 17.7 Å². The lowest BCUT2D eigenvalue weighted by molar-refractivity contribution is -0.137. The lowest BCUT2D eigenvalue weighted by atomic mass is 10.2. The van der Waals surface area contributed by atoms with Crippen LogP contribution < -0.4 is 0 Å². The normalized spacial score (nSPS) is 9.91. The first-order valence-corrected chi connectivity index (χ1v) is 7.48. The molecule has 0 aliphatic heterocycles. The molecule has 0 radical (unpaired) electrons. The van der Waals surface area contributed by atoms with Crippen molar-refractivity contribution in [1.82, 2.24) is 4.57 Å². The van der Waals surface area contributed by atoms with E-state index in [1.165, 1.54) is 0 Å². The number of nitrogens with zero attached hydrogens (tertiary/aromatic N) is 1. The Kier molecular flexibility index (Phi) is 8.07. The summed E-state index contributed by atoms with van der Waals surface area (Å²) in [6.45, 7) is 3.50. The summed E-state index contributed by atoms with van der Waals surface area (Å²) < 4.78 is 6.27. The molecule has 0 spiro atoms. The molecule has 5 nitrogen and oxygen atoms in total. The van der Waals surface area contributed by atoms with E-state index >= 15 is 0 Å². The number of unbranched alkanes of at least 4 members (excludes halogenated alkanes) is 1. The van der Waals surface area contributed by atoms with Crippen molar-refractivity contribution >= 4 is 34.9 Å². The SMILES string of the molecule is CCOC=O.O=C(O)CCCCn1ccc2c(Cl)cccc21. The third-order valence-corrected chi connectivity index (χ3v) is 3.36. The molecule has 1 N–H and O–H groups in total. The minimum Gasteiger partial charge on any atom is -0.481 e. The van der Waals surface area contributed by atoms with E-state index in [9.17, 15) is 9.59 Å². The van der Waals surface area contributed by atoms with Crippen LogP contribution in [0.15, 0.2) is 30.5 Å². The zero-order valence-corrected chi connectivity index (χ0v) is 13.3. The van der Waals surface area contributed by atoms with Crippen molar-refractivity contribution < 1.29 is 19.4 Å². The van der Waals surface area contributed by atoms with Crippen molar-refractivity contribution in [3.05, 3.63) is 35.5 Å². The Labute approximate surface area is 134 Å². The Hall–Kier alpha value is -2.01. The largest absolute Gasteiger partial charge is 0.481 e. The van der Waals surface area contributed by atoms with Crippen molar-refractivity contribution in [2.75, 3.05) is 6.61 Å². The number of rotatable bonds is 7. The lowest BCUT2D eigenvalue weighted by Gasteiger charge is -2.04. The van der Waals surface area contributed by atoms with E-state index in [4.69, 9.17) is 16.7 Å². The maximum absolute atomic E-state index is 10.4.